The highest BCUT2D eigenvalue weighted by molar-refractivity contribution is 6.37. The molecule has 0 aliphatic rings. The first-order chi connectivity index (χ1) is 10.2. The van der Waals surface area contributed by atoms with E-state index >= 15 is 0 Å². The summed E-state index contributed by atoms with van der Waals surface area (Å²) in [5.41, 5.74) is 0.494. The van der Waals surface area contributed by atoms with Crippen molar-refractivity contribution < 1.29 is 19.1 Å². The van der Waals surface area contributed by atoms with Gasteiger partial charge in [0.25, 0.3) is 0 Å². The van der Waals surface area contributed by atoms with Crippen LogP contribution in [0.15, 0.2) is 54.6 Å². The van der Waals surface area contributed by atoms with E-state index in [0.29, 0.717) is 11.4 Å². The van der Waals surface area contributed by atoms with E-state index in [-0.39, 0.29) is 6.61 Å². The summed E-state index contributed by atoms with van der Waals surface area (Å²) in [6.45, 7) is 1.80. The van der Waals surface area contributed by atoms with Crippen LogP contribution in [-0.2, 0) is 14.3 Å². The summed E-state index contributed by atoms with van der Waals surface area (Å²) in [5, 5.41) is 2.45. The molecule has 108 valence electrons. The number of nitrogens with one attached hydrogen (secondary N) is 1. The van der Waals surface area contributed by atoms with Crippen LogP contribution in [0.5, 0.6) is 11.5 Å². The van der Waals surface area contributed by atoms with Crippen LogP contribution in [0.25, 0.3) is 0 Å². The molecule has 2 aromatic carbocycles. The highest BCUT2D eigenvalue weighted by Crippen LogP contribution is 2.22. The second-order valence-corrected chi connectivity index (χ2v) is 4.11. The van der Waals surface area contributed by atoms with Crippen molar-refractivity contribution in [3.8, 4) is 11.5 Å². The van der Waals surface area contributed by atoms with Crippen molar-refractivity contribution in [1.29, 1.82) is 0 Å². The minimum absolute atomic E-state index is 0.163. The van der Waals surface area contributed by atoms with Gasteiger partial charge in [0, 0.05) is 5.69 Å². The first-order valence-electron chi connectivity index (χ1n) is 6.50. The Balaban J connectivity index is 1.96. The van der Waals surface area contributed by atoms with Gasteiger partial charge in [-0.1, -0.05) is 18.2 Å². The van der Waals surface area contributed by atoms with E-state index in [9.17, 15) is 9.59 Å². The number of benzene rings is 2. The van der Waals surface area contributed by atoms with Crippen LogP contribution < -0.4 is 10.1 Å². The van der Waals surface area contributed by atoms with Crippen molar-refractivity contribution in [2.24, 2.45) is 0 Å². The lowest BCUT2D eigenvalue weighted by Gasteiger charge is -2.07. The summed E-state index contributed by atoms with van der Waals surface area (Å²) in [6.07, 6.45) is 0. The van der Waals surface area contributed by atoms with Crippen LogP contribution in [0.3, 0.4) is 0 Å². The molecule has 5 nitrogen and oxygen atoms in total. The van der Waals surface area contributed by atoms with Crippen LogP contribution in [0.1, 0.15) is 6.92 Å². The summed E-state index contributed by atoms with van der Waals surface area (Å²) >= 11 is 0. The quantitative estimate of drug-likeness (QED) is 0.693. The number of ether oxygens (including phenoxy) is 2. The topological polar surface area (TPSA) is 64.6 Å². The Kier molecular flexibility index (Phi) is 4.93. The van der Waals surface area contributed by atoms with Gasteiger partial charge in [-0.3, -0.25) is 4.79 Å². The fourth-order valence-electron chi connectivity index (χ4n) is 1.61. The molecule has 0 aliphatic heterocycles. The molecule has 1 N–H and O–H groups in total. The van der Waals surface area contributed by atoms with Gasteiger partial charge in [-0.15, -0.1) is 0 Å². The monoisotopic (exact) mass is 285 g/mol. The third kappa shape index (κ3) is 4.35. The van der Waals surface area contributed by atoms with E-state index in [0.717, 1.165) is 5.75 Å². The summed E-state index contributed by atoms with van der Waals surface area (Å²) < 4.78 is 10.2. The van der Waals surface area contributed by atoms with Crippen molar-refractivity contribution in [3.05, 3.63) is 54.6 Å². The van der Waals surface area contributed by atoms with Gasteiger partial charge >= 0.3 is 11.9 Å². The van der Waals surface area contributed by atoms with Crippen molar-refractivity contribution >= 4 is 17.6 Å². The summed E-state index contributed by atoms with van der Waals surface area (Å²) in [5.74, 6) is -0.341. The van der Waals surface area contributed by atoms with E-state index < -0.39 is 11.9 Å². The fourth-order valence-corrected chi connectivity index (χ4v) is 1.61. The number of esters is 1. The largest absolute Gasteiger partial charge is 0.459 e. The number of carbonyl (C=O) groups is 2. The number of para-hydroxylation sites is 1. The number of hydrogen-bond acceptors (Lipinski definition) is 4. The molecular formula is C16H15NO4. The number of hydrogen-bond donors (Lipinski definition) is 1. The Morgan fingerprint density at radius 1 is 0.952 bits per heavy atom. The predicted octanol–water partition coefficient (Wildman–Crippen LogP) is 2.98. The molecule has 0 heterocycles. The van der Waals surface area contributed by atoms with Gasteiger partial charge in [-0.25, -0.2) is 4.79 Å². The molecule has 0 saturated carbocycles. The molecule has 1 amide bonds. The third-order valence-corrected chi connectivity index (χ3v) is 2.55. The second kappa shape index (κ2) is 7.09. The van der Waals surface area contributed by atoms with E-state index in [1.807, 2.05) is 30.3 Å². The number of anilines is 1. The molecule has 0 saturated heterocycles. The van der Waals surface area contributed by atoms with E-state index in [2.05, 4.69) is 10.1 Å². The standard InChI is InChI=1S/C16H15NO4/c1-2-20-16(19)15(18)17-12-8-10-14(11-9-12)21-13-6-4-3-5-7-13/h3-11H,2H2,1H3,(H,17,18). The Bertz CT molecular complexity index is 608. The van der Waals surface area contributed by atoms with Gasteiger partial charge < -0.3 is 14.8 Å². The molecule has 0 aromatic heterocycles. The van der Waals surface area contributed by atoms with Gasteiger partial charge in [0.15, 0.2) is 0 Å². The predicted molar refractivity (Wildman–Crippen MR) is 78.2 cm³/mol. The first kappa shape index (κ1) is 14.6. The molecule has 0 unspecified atom stereocenters. The van der Waals surface area contributed by atoms with Gasteiger partial charge in [0.1, 0.15) is 11.5 Å². The third-order valence-electron chi connectivity index (χ3n) is 2.55. The van der Waals surface area contributed by atoms with Crippen LogP contribution in [0, 0.1) is 0 Å². The minimum atomic E-state index is -0.901. The number of carbonyl (C=O) groups excluding carboxylic acids is 2. The van der Waals surface area contributed by atoms with Crippen LogP contribution in [-0.4, -0.2) is 18.5 Å². The Labute approximate surface area is 122 Å². The van der Waals surface area contributed by atoms with E-state index in [1.54, 1.807) is 31.2 Å². The van der Waals surface area contributed by atoms with E-state index in [4.69, 9.17) is 4.74 Å². The van der Waals surface area contributed by atoms with Crippen molar-refractivity contribution in [1.82, 2.24) is 0 Å². The lowest BCUT2D eigenvalue weighted by atomic mass is 10.3. The van der Waals surface area contributed by atoms with Crippen LogP contribution >= 0.6 is 0 Å². The van der Waals surface area contributed by atoms with E-state index in [1.165, 1.54) is 0 Å². The zero-order valence-corrected chi connectivity index (χ0v) is 11.5. The first-order valence-corrected chi connectivity index (χ1v) is 6.50. The molecule has 0 bridgehead atoms. The number of amides is 1. The minimum Gasteiger partial charge on any atom is -0.459 e. The average molecular weight is 285 g/mol. The average Bonchev–Trinajstić information content (AvgIpc) is 2.50. The molecule has 0 spiro atoms. The molecule has 0 radical (unpaired) electrons. The molecule has 21 heavy (non-hydrogen) atoms. The smallest absolute Gasteiger partial charge is 0.397 e. The van der Waals surface area contributed by atoms with Crippen molar-refractivity contribution in [2.75, 3.05) is 11.9 Å². The molecular weight excluding hydrogens is 270 g/mol. The zero-order valence-electron chi connectivity index (χ0n) is 11.5. The maximum absolute atomic E-state index is 11.5. The van der Waals surface area contributed by atoms with Gasteiger partial charge in [0.05, 0.1) is 6.61 Å². The molecule has 0 aliphatic carbocycles. The molecule has 2 aromatic rings. The zero-order chi connectivity index (χ0) is 15.1. The van der Waals surface area contributed by atoms with Gasteiger partial charge in [0.2, 0.25) is 0 Å². The maximum atomic E-state index is 11.5. The van der Waals surface area contributed by atoms with Gasteiger partial charge in [-0.2, -0.15) is 0 Å². The number of rotatable bonds is 4. The molecule has 0 fully saturated rings. The molecule has 2 rings (SSSR count). The van der Waals surface area contributed by atoms with Crippen LogP contribution in [0.2, 0.25) is 0 Å². The Morgan fingerprint density at radius 2 is 1.57 bits per heavy atom. The summed E-state index contributed by atoms with van der Waals surface area (Å²) in [7, 11) is 0. The second-order valence-electron chi connectivity index (χ2n) is 4.11. The normalized spacial score (nSPS) is 9.76. The van der Waals surface area contributed by atoms with Crippen molar-refractivity contribution in [2.45, 2.75) is 6.92 Å². The molecule has 5 heteroatoms. The van der Waals surface area contributed by atoms with Crippen LogP contribution in [0.4, 0.5) is 5.69 Å². The Hall–Kier alpha value is -2.82. The lowest BCUT2D eigenvalue weighted by Crippen LogP contribution is -2.24. The SMILES string of the molecule is CCOC(=O)C(=O)Nc1ccc(Oc2ccccc2)cc1. The maximum Gasteiger partial charge on any atom is 0.397 e. The Morgan fingerprint density at radius 3 is 2.19 bits per heavy atom. The highest BCUT2D eigenvalue weighted by atomic mass is 16.5. The van der Waals surface area contributed by atoms with Crippen molar-refractivity contribution in [3.63, 3.8) is 0 Å². The lowest BCUT2D eigenvalue weighted by molar-refractivity contribution is -0.152. The summed E-state index contributed by atoms with van der Waals surface area (Å²) in [4.78, 5) is 22.7. The molecule has 0 atom stereocenters. The summed E-state index contributed by atoms with van der Waals surface area (Å²) in [6, 6.07) is 16.0. The highest BCUT2D eigenvalue weighted by Gasteiger charge is 2.14. The van der Waals surface area contributed by atoms with Gasteiger partial charge in [-0.05, 0) is 43.3 Å². The fraction of sp³-hybridized carbons (Fsp3) is 0.125.